The van der Waals surface area contributed by atoms with Crippen molar-refractivity contribution in [3.05, 3.63) is 41.2 Å². The van der Waals surface area contributed by atoms with E-state index in [1.54, 1.807) is 6.92 Å². The number of aromatic nitrogens is 1. The zero-order chi connectivity index (χ0) is 21.3. The fourth-order valence-corrected chi connectivity index (χ4v) is 5.71. The molecule has 0 atom stereocenters. The number of halogens is 1. The minimum Gasteiger partial charge on any atom is -0.423 e. The zero-order valence-corrected chi connectivity index (χ0v) is 17.8. The lowest BCUT2D eigenvalue weighted by molar-refractivity contribution is 0.347. The molecule has 2 heterocycles. The Morgan fingerprint density at radius 1 is 1.17 bits per heavy atom. The van der Waals surface area contributed by atoms with E-state index in [1.807, 2.05) is 4.90 Å². The number of benzene rings is 1. The molecule has 1 aromatic heterocycles. The van der Waals surface area contributed by atoms with Gasteiger partial charge in [0.25, 0.3) is 0 Å². The molecule has 0 radical (unpaired) electrons. The van der Waals surface area contributed by atoms with Crippen LogP contribution in [-0.4, -0.2) is 43.9 Å². The number of anilines is 1. The SMILES string of the molecule is Cc1cc(S(=O)(=O)N2CCN(c3oc(C4CCCCC4)nc3C#N)CC2)ccc1F. The van der Waals surface area contributed by atoms with Gasteiger partial charge >= 0.3 is 0 Å². The van der Waals surface area contributed by atoms with Crippen molar-refractivity contribution in [2.24, 2.45) is 0 Å². The Morgan fingerprint density at radius 2 is 1.87 bits per heavy atom. The second-order valence-electron chi connectivity index (χ2n) is 7.95. The first-order valence-corrected chi connectivity index (χ1v) is 11.8. The van der Waals surface area contributed by atoms with Gasteiger partial charge in [0.05, 0.1) is 4.90 Å². The molecule has 1 aliphatic carbocycles. The number of hydrogen-bond acceptors (Lipinski definition) is 6. The number of aryl methyl sites for hydroxylation is 1. The predicted molar refractivity (Wildman–Crippen MR) is 109 cm³/mol. The van der Waals surface area contributed by atoms with Crippen molar-refractivity contribution in [2.75, 3.05) is 31.1 Å². The van der Waals surface area contributed by atoms with E-state index < -0.39 is 15.8 Å². The number of rotatable bonds is 4. The average Bonchev–Trinajstić information content (AvgIpc) is 3.21. The van der Waals surface area contributed by atoms with Crippen molar-refractivity contribution in [1.82, 2.24) is 9.29 Å². The number of hydrogen-bond donors (Lipinski definition) is 0. The maximum Gasteiger partial charge on any atom is 0.243 e. The van der Waals surface area contributed by atoms with Crippen LogP contribution in [0.5, 0.6) is 0 Å². The minimum atomic E-state index is -3.71. The predicted octanol–water partition coefficient (Wildman–Crippen LogP) is 3.55. The Kier molecular flexibility index (Phi) is 5.80. The summed E-state index contributed by atoms with van der Waals surface area (Å²) in [5.74, 6) is 0.885. The van der Waals surface area contributed by atoms with Crippen LogP contribution in [0.3, 0.4) is 0 Å². The Bertz CT molecular complexity index is 1060. The summed E-state index contributed by atoms with van der Waals surface area (Å²) < 4.78 is 46.8. The molecule has 2 aromatic rings. The summed E-state index contributed by atoms with van der Waals surface area (Å²) in [4.78, 5) is 6.40. The molecule has 1 aromatic carbocycles. The summed E-state index contributed by atoms with van der Waals surface area (Å²) in [6.07, 6.45) is 5.55. The van der Waals surface area contributed by atoms with E-state index in [4.69, 9.17) is 4.42 Å². The highest BCUT2D eigenvalue weighted by atomic mass is 32.2. The van der Waals surface area contributed by atoms with Crippen LogP contribution < -0.4 is 4.90 Å². The number of nitriles is 1. The van der Waals surface area contributed by atoms with Gasteiger partial charge in [-0.1, -0.05) is 19.3 Å². The van der Waals surface area contributed by atoms with Gasteiger partial charge in [0.15, 0.2) is 0 Å². The first-order chi connectivity index (χ1) is 14.4. The highest BCUT2D eigenvalue weighted by Gasteiger charge is 2.32. The Morgan fingerprint density at radius 3 is 2.50 bits per heavy atom. The van der Waals surface area contributed by atoms with Crippen molar-refractivity contribution in [2.45, 2.75) is 49.8 Å². The van der Waals surface area contributed by atoms with Crippen LogP contribution in [0.1, 0.15) is 55.2 Å². The summed E-state index contributed by atoms with van der Waals surface area (Å²) in [5.41, 5.74) is 0.561. The number of oxazole rings is 1. The minimum absolute atomic E-state index is 0.0896. The van der Waals surface area contributed by atoms with E-state index >= 15 is 0 Å². The summed E-state index contributed by atoms with van der Waals surface area (Å²) in [7, 11) is -3.71. The zero-order valence-electron chi connectivity index (χ0n) is 17.0. The molecule has 2 aliphatic rings. The molecule has 1 aliphatic heterocycles. The lowest BCUT2D eigenvalue weighted by atomic mass is 9.89. The topological polar surface area (TPSA) is 90.4 Å². The van der Waals surface area contributed by atoms with Gasteiger partial charge in [0.1, 0.15) is 11.9 Å². The monoisotopic (exact) mass is 432 g/mol. The summed E-state index contributed by atoms with van der Waals surface area (Å²) in [5, 5.41) is 9.50. The van der Waals surface area contributed by atoms with Crippen molar-refractivity contribution in [1.29, 1.82) is 5.26 Å². The molecule has 0 bridgehead atoms. The summed E-state index contributed by atoms with van der Waals surface area (Å²) >= 11 is 0. The lowest BCUT2D eigenvalue weighted by Crippen LogP contribution is -2.48. The Labute approximate surface area is 176 Å². The fraction of sp³-hybridized carbons (Fsp3) is 0.524. The largest absolute Gasteiger partial charge is 0.423 e. The molecule has 7 nitrogen and oxygen atoms in total. The normalized spacial score (nSPS) is 19.0. The van der Waals surface area contributed by atoms with E-state index in [0.717, 1.165) is 25.7 Å². The molecular formula is C21H25FN4O3S. The lowest BCUT2D eigenvalue weighted by Gasteiger charge is -2.33. The van der Waals surface area contributed by atoms with Crippen LogP contribution in [0.2, 0.25) is 0 Å². The van der Waals surface area contributed by atoms with Crippen molar-refractivity contribution in [3.63, 3.8) is 0 Å². The van der Waals surface area contributed by atoms with Crippen molar-refractivity contribution in [3.8, 4) is 6.07 Å². The maximum atomic E-state index is 13.5. The van der Waals surface area contributed by atoms with Gasteiger partial charge in [-0.25, -0.2) is 17.8 Å². The molecule has 0 unspecified atom stereocenters. The van der Waals surface area contributed by atoms with E-state index in [-0.39, 0.29) is 29.6 Å². The molecular weight excluding hydrogens is 407 g/mol. The van der Waals surface area contributed by atoms with Gasteiger partial charge in [0, 0.05) is 32.1 Å². The van der Waals surface area contributed by atoms with Gasteiger partial charge in [0.2, 0.25) is 27.5 Å². The van der Waals surface area contributed by atoms with Crippen LogP contribution >= 0.6 is 0 Å². The maximum absolute atomic E-state index is 13.5. The molecule has 0 N–H and O–H groups in total. The van der Waals surface area contributed by atoms with Gasteiger partial charge in [-0.05, 0) is 43.5 Å². The molecule has 4 rings (SSSR count). The molecule has 160 valence electrons. The summed E-state index contributed by atoms with van der Waals surface area (Å²) in [6.45, 7) is 2.84. The number of piperazine rings is 1. The molecule has 0 amide bonds. The fourth-order valence-electron chi connectivity index (χ4n) is 4.20. The van der Waals surface area contributed by atoms with E-state index in [9.17, 15) is 18.1 Å². The van der Waals surface area contributed by atoms with Crippen molar-refractivity contribution >= 4 is 15.9 Å². The Balaban J connectivity index is 1.48. The third kappa shape index (κ3) is 3.94. The second kappa shape index (κ2) is 8.36. The third-order valence-corrected chi connectivity index (χ3v) is 7.87. The van der Waals surface area contributed by atoms with E-state index in [1.165, 1.54) is 28.9 Å². The molecule has 1 saturated heterocycles. The van der Waals surface area contributed by atoms with E-state index in [2.05, 4.69) is 11.1 Å². The number of nitrogens with zero attached hydrogens (tertiary/aromatic N) is 4. The quantitative estimate of drug-likeness (QED) is 0.734. The highest BCUT2D eigenvalue weighted by Crippen LogP contribution is 2.35. The Hall–Kier alpha value is -2.44. The van der Waals surface area contributed by atoms with Gasteiger partial charge in [-0.2, -0.15) is 9.57 Å². The van der Waals surface area contributed by atoms with Crippen LogP contribution in [0.15, 0.2) is 27.5 Å². The molecule has 30 heavy (non-hydrogen) atoms. The van der Waals surface area contributed by atoms with Crippen LogP contribution in [0, 0.1) is 24.1 Å². The van der Waals surface area contributed by atoms with Gasteiger partial charge in [-0.15, -0.1) is 0 Å². The summed E-state index contributed by atoms with van der Waals surface area (Å²) in [6, 6.07) is 5.95. The van der Waals surface area contributed by atoms with Crippen LogP contribution in [-0.2, 0) is 10.0 Å². The molecule has 0 spiro atoms. The second-order valence-corrected chi connectivity index (χ2v) is 9.89. The third-order valence-electron chi connectivity index (χ3n) is 5.98. The van der Waals surface area contributed by atoms with Gasteiger partial charge in [-0.3, -0.25) is 0 Å². The number of sulfonamides is 1. The van der Waals surface area contributed by atoms with Crippen LogP contribution in [0.25, 0.3) is 0 Å². The smallest absolute Gasteiger partial charge is 0.243 e. The molecule has 1 saturated carbocycles. The highest BCUT2D eigenvalue weighted by molar-refractivity contribution is 7.89. The molecule has 2 fully saturated rings. The van der Waals surface area contributed by atoms with Gasteiger partial charge < -0.3 is 9.32 Å². The molecule has 9 heteroatoms. The first-order valence-electron chi connectivity index (χ1n) is 10.3. The van der Waals surface area contributed by atoms with Crippen molar-refractivity contribution < 1.29 is 17.2 Å². The van der Waals surface area contributed by atoms with E-state index in [0.29, 0.717) is 30.4 Å². The standard InChI is InChI=1S/C21H25FN4O3S/c1-15-13-17(7-8-18(15)22)30(27,28)26-11-9-25(10-12-26)21-19(14-23)24-20(29-21)16-5-3-2-4-6-16/h7-8,13,16H,2-6,9-12H2,1H3. The van der Waals surface area contributed by atoms with Crippen LogP contribution in [0.4, 0.5) is 10.3 Å². The first kappa shape index (κ1) is 20.8. The average molecular weight is 433 g/mol.